The molecule has 0 N–H and O–H groups in total. The highest BCUT2D eigenvalue weighted by Gasteiger charge is 2.22. The first-order valence-corrected chi connectivity index (χ1v) is 8.97. The number of carbonyl (C=O) groups is 1. The van der Waals surface area contributed by atoms with Gasteiger partial charge in [0.15, 0.2) is 11.6 Å². The Morgan fingerprint density at radius 3 is 3.12 bits per heavy atom. The summed E-state index contributed by atoms with van der Waals surface area (Å²) in [5.41, 5.74) is 2.04. The number of aromatic nitrogens is 3. The van der Waals surface area contributed by atoms with E-state index >= 15 is 0 Å². The van der Waals surface area contributed by atoms with Gasteiger partial charge in [0, 0.05) is 29.9 Å². The monoisotopic (exact) mass is 370 g/mol. The maximum absolute atomic E-state index is 13.8. The molecule has 132 valence electrons. The van der Waals surface area contributed by atoms with Gasteiger partial charge in [0.1, 0.15) is 17.3 Å². The van der Waals surface area contributed by atoms with Crippen LogP contribution in [0.4, 0.5) is 4.39 Å². The fraction of sp³-hybridized carbons (Fsp3) is 0.222. The molecule has 3 aromatic rings. The van der Waals surface area contributed by atoms with Gasteiger partial charge in [0.25, 0.3) is 0 Å². The quantitative estimate of drug-likeness (QED) is 0.709. The van der Waals surface area contributed by atoms with Crippen LogP contribution in [0.3, 0.4) is 0 Å². The van der Waals surface area contributed by atoms with Gasteiger partial charge < -0.3 is 9.64 Å². The number of ether oxygens (including phenoxy) is 1. The van der Waals surface area contributed by atoms with Gasteiger partial charge >= 0.3 is 0 Å². The summed E-state index contributed by atoms with van der Waals surface area (Å²) >= 11 is 1.43. The van der Waals surface area contributed by atoms with E-state index in [-0.39, 0.29) is 24.7 Å². The Kier molecular flexibility index (Phi) is 4.57. The second-order valence-corrected chi connectivity index (χ2v) is 6.66. The van der Waals surface area contributed by atoms with Crippen molar-refractivity contribution in [3.05, 3.63) is 59.2 Å². The van der Waals surface area contributed by atoms with Gasteiger partial charge in [-0.25, -0.2) is 9.37 Å². The predicted molar refractivity (Wildman–Crippen MR) is 94.2 cm³/mol. The number of amides is 1. The van der Waals surface area contributed by atoms with Crippen LogP contribution >= 0.6 is 11.3 Å². The van der Waals surface area contributed by atoms with Crippen molar-refractivity contribution in [2.45, 2.75) is 13.0 Å². The number of hydrogen-bond acceptors (Lipinski definition) is 6. The van der Waals surface area contributed by atoms with Crippen LogP contribution in [0.15, 0.2) is 42.2 Å². The summed E-state index contributed by atoms with van der Waals surface area (Å²) < 4.78 is 19.3. The molecular formula is C18H15FN4O2S. The van der Waals surface area contributed by atoms with E-state index in [1.807, 2.05) is 5.38 Å². The molecule has 1 aliphatic rings. The lowest BCUT2D eigenvalue weighted by molar-refractivity contribution is -0.131. The average Bonchev–Trinajstić information content (AvgIpc) is 3.00. The van der Waals surface area contributed by atoms with Gasteiger partial charge in [-0.05, 0) is 6.07 Å². The highest BCUT2D eigenvalue weighted by Crippen LogP contribution is 2.27. The van der Waals surface area contributed by atoms with E-state index in [4.69, 9.17) is 4.74 Å². The van der Waals surface area contributed by atoms with Crippen LogP contribution in [-0.2, 0) is 17.8 Å². The predicted octanol–water partition coefficient (Wildman–Crippen LogP) is 2.70. The first-order chi connectivity index (χ1) is 12.7. The Labute approximate surface area is 153 Å². The van der Waals surface area contributed by atoms with Gasteiger partial charge in [-0.15, -0.1) is 11.3 Å². The smallest absolute Gasteiger partial charge is 0.229 e. The number of carbonyl (C=O) groups excluding carboxylic acids is 1. The number of para-hydroxylation sites is 1. The highest BCUT2D eigenvalue weighted by molar-refractivity contribution is 7.13. The molecule has 26 heavy (non-hydrogen) atoms. The van der Waals surface area contributed by atoms with Crippen molar-refractivity contribution in [1.82, 2.24) is 19.9 Å². The van der Waals surface area contributed by atoms with Crippen molar-refractivity contribution in [2.75, 3.05) is 13.2 Å². The summed E-state index contributed by atoms with van der Waals surface area (Å²) in [6, 6.07) is 4.76. The molecule has 0 radical (unpaired) electrons. The Bertz CT molecular complexity index is 932. The van der Waals surface area contributed by atoms with E-state index in [2.05, 4.69) is 15.0 Å². The molecule has 0 saturated heterocycles. The maximum atomic E-state index is 13.8. The minimum absolute atomic E-state index is 0.0679. The molecule has 2 aromatic heterocycles. The zero-order chi connectivity index (χ0) is 17.9. The molecular weight excluding hydrogens is 355 g/mol. The summed E-state index contributed by atoms with van der Waals surface area (Å²) in [6.07, 6.45) is 5.03. The van der Waals surface area contributed by atoms with Gasteiger partial charge in [0.05, 0.1) is 24.9 Å². The van der Waals surface area contributed by atoms with Gasteiger partial charge in [-0.2, -0.15) is 0 Å². The lowest BCUT2D eigenvalue weighted by Crippen LogP contribution is -2.33. The molecule has 1 aromatic carbocycles. The lowest BCUT2D eigenvalue weighted by atomic mass is 10.1. The van der Waals surface area contributed by atoms with Crippen LogP contribution in [0, 0.1) is 5.82 Å². The Hall–Kier alpha value is -2.87. The highest BCUT2D eigenvalue weighted by atomic mass is 32.1. The van der Waals surface area contributed by atoms with E-state index in [1.54, 1.807) is 35.6 Å². The fourth-order valence-electron chi connectivity index (χ4n) is 2.78. The van der Waals surface area contributed by atoms with Crippen molar-refractivity contribution in [1.29, 1.82) is 0 Å². The molecule has 0 atom stereocenters. The molecule has 1 aliphatic heterocycles. The largest absolute Gasteiger partial charge is 0.488 e. The Morgan fingerprint density at radius 1 is 1.35 bits per heavy atom. The van der Waals surface area contributed by atoms with Gasteiger partial charge in [-0.3, -0.25) is 14.8 Å². The third kappa shape index (κ3) is 3.41. The number of fused-ring (bicyclic) bond motifs is 1. The number of nitrogens with zero attached hydrogens (tertiary/aromatic N) is 4. The molecule has 0 spiro atoms. The minimum Gasteiger partial charge on any atom is -0.488 e. The molecule has 4 rings (SSSR count). The summed E-state index contributed by atoms with van der Waals surface area (Å²) in [6.45, 7) is 1.00. The maximum Gasteiger partial charge on any atom is 0.229 e. The van der Waals surface area contributed by atoms with E-state index in [0.29, 0.717) is 30.0 Å². The third-order valence-electron chi connectivity index (χ3n) is 4.04. The van der Waals surface area contributed by atoms with E-state index in [9.17, 15) is 9.18 Å². The van der Waals surface area contributed by atoms with Crippen LogP contribution in [0.5, 0.6) is 5.75 Å². The SMILES string of the molecule is O=C(Cc1csc(-c2cnccn2)n1)N1CCOc2c(F)cccc2C1. The first kappa shape index (κ1) is 16.6. The molecule has 8 heteroatoms. The van der Waals surface area contributed by atoms with Crippen LogP contribution in [-0.4, -0.2) is 38.9 Å². The topological polar surface area (TPSA) is 68.2 Å². The summed E-state index contributed by atoms with van der Waals surface area (Å²) in [5.74, 6) is -0.229. The van der Waals surface area contributed by atoms with Crippen LogP contribution in [0.1, 0.15) is 11.3 Å². The second kappa shape index (κ2) is 7.17. The number of thiazole rings is 1. The minimum atomic E-state index is -0.398. The molecule has 0 aliphatic carbocycles. The summed E-state index contributed by atoms with van der Waals surface area (Å²) in [4.78, 5) is 27.1. The van der Waals surface area contributed by atoms with Crippen LogP contribution in [0.25, 0.3) is 10.7 Å². The molecule has 1 amide bonds. The lowest BCUT2D eigenvalue weighted by Gasteiger charge is -2.19. The van der Waals surface area contributed by atoms with Crippen LogP contribution < -0.4 is 4.74 Å². The van der Waals surface area contributed by atoms with Crippen LogP contribution in [0.2, 0.25) is 0 Å². The van der Waals surface area contributed by atoms with Crippen molar-refractivity contribution >= 4 is 17.2 Å². The standard InChI is InChI=1S/C18H15FN4O2S/c19-14-3-1-2-12-10-23(6-7-25-17(12)14)16(24)8-13-11-26-18(22-13)15-9-20-4-5-21-15/h1-5,9,11H,6-8,10H2. The second-order valence-electron chi connectivity index (χ2n) is 5.80. The molecule has 0 bridgehead atoms. The van der Waals surface area contributed by atoms with E-state index in [1.165, 1.54) is 17.4 Å². The molecule has 3 heterocycles. The number of rotatable bonds is 3. The van der Waals surface area contributed by atoms with E-state index < -0.39 is 5.82 Å². The first-order valence-electron chi connectivity index (χ1n) is 8.09. The molecule has 0 unspecified atom stereocenters. The van der Waals surface area contributed by atoms with Gasteiger partial charge in [0.2, 0.25) is 5.91 Å². The molecule has 0 saturated carbocycles. The number of halogens is 1. The summed E-state index contributed by atoms with van der Waals surface area (Å²) in [7, 11) is 0. The van der Waals surface area contributed by atoms with Crippen molar-refractivity contribution in [3.63, 3.8) is 0 Å². The number of hydrogen-bond donors (Lipinski definition) is 0. The third-order valence-corrected chi connectivity index (χ3v) is 4.95. The zero-order valence-electron chi connectivity index (χ0n) is 13.8. The Morgan fingerprint density at radius 2 is 2.27 bits per heavy atom. The molecule has 6 nitrogen and oxygen atoms in total. The van der Waals surface area contributed by atoms with Crippen molar-refractivity contribution in [3.8, 4) is 16.5 Å². The molecule has 0 fully saturated rings. The van der Waals surface area contributed by atoms with E-state index in [0.717, 1.165) is 5.01 Å². The van der Waals surface area contributed by atoms with Crippen molar-refractivity contribution < 1.29 is 13.9 Å². The summed E-state index contributed by atoms with van der Waals surface area (Å²) in [5, 5.41) is 2.58. The normalized spacial score (nSPS) is 13.7. The van der Waals surface area contributed by atoms with Gasteiger partial charge in [-0.1, -0.05) is 12.1 Å². The number of benzene rings is 1. The Balaban J connectivity index is 1.48. The average molecular weight is 370 g/mol. The zero-order valence-corrected chi connectivity index (χ0v) is 14.6. The fourth-order valence-corrected chi connectivity index (χ4v) is 3.56. The van der Waals surface area contributed by atoms with Crippen molar-refractivity contribution in [2.24, 2.45) is 0 Å².